The minimum atomic E-state index is -0.833. The first kappa shape index (κ1) is 20.9. The van der Waals surface area contributed by atoms with Gasteiger partial charge in [-0.25, -0.2) is 0 Å². The molecule has 0 rings (SSSR count). The lowest BCUT2D eigenvalue weighted by Crippen LogP contribution is -2.06. The maximum Gasteiger partial charge on any atom is 0.300 e. The number of carboxylic acids is 2. The van der Waals surface area contributed by atoms with E-state index in [1.54, 1.807) is 6.08 Å². The number of aliphatic hydroxyl groups excluding tert-OH is 2. The molecule has 6 nitrogen and oxygen atoms in total. The lowest BCUT2D eigenvalue weighted by atomic mass is 10.2. The Morgan fingerprint density at radius 1 is 1.18 bits per heavy atom. The van der Waals surface area contributed by atoms with Crippen molar-refractivity contribution >= 4 is 11.9 Å². The van der Waals surface area contributed by atoms with Gasteiger partial charge in [0.1, 0.15) is 0 Å². The molecule has 0 aromatic heterocycles. The highest BCUT2D eigenvalue weighted by Gasteiger charge is 1.91. The molecule has 1 atom stereocenters. The second-order valence-corrected chi connectivity index (χ2v) is 3.00. The van der Waals surface area contributed by atoms with Crippen molar-refractivity contribution in [2.24, 2.45) is 0 Å². The van der Waals surface area contributed by atoms with E-state index in [0.29, 0.717) is 0 Å². The molecule has 0 saturated heterocycles. The number of hydrogen-bond acceptors (Lipinski definition) is 4. The van der Waals surface area contributed by atoms with E-state index in [1.807, 2.05) is 6.08 Å². The predicted octanol–water partition coefficient (Wildman–Crippen LogP) is 0.878. The standard InChI is InChI=1S/C7H14O2.2C2H4O2/c1-2-3-4-5-7(9)6-8;2*1-2(3)4/h4-5,7-9H,2-3,6H2,1H3;2*1H3,(H,3,4). The molecule has 0 fully saturated rings. The van der Waals surface area contributed by atoms with Crippen LogP contribution in [0.2, 0.25) is 0 Å². The van der Waals surface area contributed by atoms with Crippen LogP contribution in [-0.4, -0.2) is 45.1 Å². The van der Waals surface area contributed by atoms with Crippen molar-refractivity contribution < 1.29 is 30.0 Å². The molecule has 1 unspecified atom stereocenters. The third-order valence-electron chi connectivity index (χ3n) is 1.00. The third kappa shape index (κ3) is 73.9. The zero-order valence-corrected chi connectivity index (χ0v) is 10.5. The summed E-state index contributed by atoms with van der Waals surface area (Å²) in [5.74, 6) is -1.67. The SMILES string of the molecule is CC(=O)O.CC(=O)O.CCCC=CC(O)CO. The molecule has 0 aliphatic rings. The number of hydrogen-bond donors (Lipinski definition) is 4. The summed E-state index contributed by atoms with van der Waals surface area (Å²) in [6, 6.07) is 0. The van der Waals surface area contributed by atoms with Crippen molar-refractivity contribution in [1.82, 2.24) is 0 Å². The van der Waals surface area contributed by atoms with Crippen LogP contribution in [0.15, 0.2) is 12.2 Å². The van der Waals surface area contributed by atoms with Crippen LogP contribution in [-0.2, 0) is 9.59 Å². The van der Waals surface area contributed by atoms with Crippen molar-refractivity contribution in [2.45, 2.75) is 39.7 Å². The second-order valence-electron chi connectivity index (χ2n) is 3.00. The van der Waals surface area contributed by atoms with Gasteiger partial charge in [0.25, 0.3) is 11.9 Å². The Bertz CT molecular complexity index is 192. The van der Waals surface area contributed by atoms with E-state index in [0.717, 1.165) is 26.7 Å². The van der Waals surface area contributed by atoms with Crippen LogP contribution in [0, 0.1) is 0 Å². The fraction of sp³-hybridized carbons (Fsp3) is 0.636. The van der Waals surface area contributed by atoms with Crippen molar-refractivity contribution in [2.75, 3.05) is 6.61 Å². The van der Waals surface area contributed by atoms with E-state index < -0.39 is 18.0 Å². The van der Waals surface area contributed by atoms with Gasteiger partial charge >= 0.3 is 0 Å². The first-order chi connectivity index (χ1) is 7.77. The average Bonchev–Trinajstić information content (AvgIpc) is 2.16. The Labute approximate surface area is 101 Å². The maximum absolute atomic E-state index is 9.00. The topological polar surface area (TPSA) is 115 Å². The largest absolute Gasteiger partial charge is 0.481 e. The first-order valence-electron chi connectivity index (χ1n) is 5.12. The molecule has 0 saturated carbocycles. The summed E-state index contributed by atoms with van der Waals surface area (Å²) in [5, 5.41) is 31.9. The predicted molar refractivity (Wildman–Crippen MR) is 63.8 cm³/mol. The lowest BCUT2D eigenvalue weighted by molar-refractivity contribution is -0.135. The summed E-state index contributed by atoms with van der Waals surface area (Å²) < 4.78 is 0. The van der Waals surface area contributed by atoms with E-state index in [4.69, 9.17) is 30.0 Å². The molecule has 0 aliphatic carbocycles. The quantitative estimate of drug-likeness (QED) is 0.550. The van der Waals surface area contributed by atoms with Crippen LogP contribution in [0.5, 0.6) is 0 Å². The number of carboxylic acid groups (broad SMARTS) is 2. The molecule has 0 spiro atoms. The molecular weight excluding hydrogens is 228 g/mol. The van der Waals surface area contributed by atoms with Crippen molar-refractivity contribution in [3.63, 3.8) is 0 Å². The van der Waals surface area contributed by atoms with Gasteiger partial charge in [-0.2, -0.15) is 0 Å². The van der Waals surface area contributed by atoms with Gasteiger partial charge in [-0.05, 0) is 6.42 Å². The van der Waals surface area contributed by atoms with Crippen molar-refractivity contribution in [1.29, 1.82) is 0 Å². The van der Waals surface area contributed by atoms with Gasteiger partial charge in [0.2, 0.25) is 0 Å². The molecule has 0 heterocycles. The third-order valence-corrected chi connectivity index (χ3v) is 1.00. The zero-order chi connectivity index (χ0) is 14.3. The van der Waals surface area contributed by atoms with Gasteiger partial charge in [0.15, 0.2) is 0 Å². The molecule has 4 N–H and O–H groups in total. The molecule has 0 aromatic rings. The molecule has 6 heteroatoms. The van der Waals surface area contributed by atoms with Crippen LogP contribution >= 0.6 is 0 Å². The van der Waals surface area contributed by atoms with Crippen LogP contribution in [0.4, 0.5) is 0 Å². The second kappa shape index (κ2) is 17.0. The number of aliphatic carboxylic acids is 2. The van der Waals surface area contributed by atoms with Crippen LogP contribution in [0.25, 0.3) is 0 Å². The fourth-order valence-corrected chi connectivity index (χ4v) is 0.481. The Morgan fingerprint density at radius 2 is 1.53 bits per heavy atom. The minimum absolute atomic E-state index is 0.180. The summed E-state index contributed by atoms with van der Waals surface area (Å²) >= 11 is 0. The molecule has 0 aliphatic heterocycles. The highest BCUT2D eigenvalue weighted by molar-refractivity contribution is 5.63. The van der Waals surface area contributed by atoms with Gasteiger partial charge in [0.05, 0.1) is 12.7 Å². The highest BCUT2D eigenvalue weighted by Crippen LogP contribution is 1.90. The van der Waals surface area contributed by atoms with Crippen molar-refractivity contribution in [3.8, 4) is 0 Å². The lowest BCUT2D eigenvalue weighted by Gasteiger charge is -1.96. The summed E-state index contributed by atoms with van der Waals surface area (Å²) in [5.41, 5.74) is 0. The summed E-state index contributed by atoms with van der Waals surface area (Å²) in [6.07, 6.45) is 4.87. The Morgan fingerprint density at radius 3 is 1.76 bits per heavy atom. The zero-order valence-electron chi connectivity index (χ0n) is 10.5. The smallest absolute Gasteiger partial charge is 0.300 e. The summed E-state index contributed by atoms with van der Waals surface area (Å²) in [6.45, 7) is 4.05. The Hall–Kier alpha value is -1.40. The van der Waals surface area contributed by atoms with Gasteiger partial charge in [-0.1, -0.05) is 25.5 Å². The summed E-state index contributed by atoms with van der Waals surface area (Å²) in [7, 11) is 0. The van der Waals surface area contributed by atoms with Crippen molar-refractivity contribution in [3.05, 3.63) is 12.2 Å². The van der Waals surface area contributed by atoms with Gasteiger partial charge in [-0.15, -0.1) is 0 Å². The molecule has 0 aromatic carbocycles. The number of carbonyl (C=O) groups is 2. The van der Waals surface area contributed by atoms with Gasteiger partial charge < -0.3 is 20.4 Å². The monoisotopic (exact) mass is 250 g/mol. The Balaban J connectivity index is -0.000000205. The molecular formula is C11H22O6. The minimum Gasteiger partial charge on any atom is -0.481 e. The first-order valence-corrected chi connectivity index (χ1v) is 5.12. The van der Waals surface area contributed by atoms with Gasteiger partial charge in [0, 0.05) is 13.8 Å². The molecule has 0 radical (unpaired) electrons. The van der Waals surface area contributed by atoms with E-state index >= 15 is 0 Å². The molecule has 0 bridgehead atoms. The normalized spacial score (nSPS) is 10.6. The average molecular weight is 250 g/mol. The molecule has 0 amide bonds. The molecule has 102 valence electrons. The maximum atomic E-state index is 9.00. The number of rotatable bonds is 4. The molecule has 17 heavy (non-hydrogen) atoms. The number of allylic oxidation sites excluding steroid dienone is 1. The van der Waals surface area contributed by atoms with E-state index in [9.17, 15) is 0 Å². The summed E-state index contributed by atoms with van der Waals surface area (Å²) in [4.78, 5) is 18.0. The Kier molecular flexibility index (Phi) is 21.0. The van der Waals surface area contributed by atoms with Crippen LogP contribution in [0.3, 0.4) is 0 Å². The van der Waals surface area contributed by atoms with E-state index in [1.165, 1.54) is 0 Å². The fourth-order valence-electron chi connectivity index (χ4n) is 0.481. The van der Waals surface area contributed by atoms with Gasteiger partial charge in [-0.3, -0.25) is 9.59 Å². The van der Waals surface area contributed by atoms with Crippen LogP contribution < -0.4 is 0 Å². The van der Waals surface area contributed by atoms with E-state index in [2.05, 4.69) is 6.92 Å². The number of aliphatic hydroxyl groups is 2. The number of unbranched alkanes of at least 4 members (excludes halogenated alkanes) is 1. The highest BCUT2D eigenvalue weighted by atomic mass is 16.4. The van der Waals surface area contributed by atoms with Crippen LogP contribution in [0.1, 0.15) is 33.6 Å². The van der Waals surface area contributed by atoms with E-state index in [-0.39, 0.29) is 6.61 Å².